The molecule has 1 fully saturated rings. The predicted molar refractivity (Wildman–Crippen MR) is 124 cm³/mol. The third-order valence-electron chi connectivity index (χ3n) is 6.10. The van der Waals surface area contributed by atoms with Crippen LogP contribution in [0.1, 0.15) is 25.5 Å². The van der Waals surface area contributed by atoms with Gasteiger partial charge < -0.3 is 14.6 Å². The van der Waals surface area contributed by atoms with Crippen LogP contribution in [-0.4, -0.2) is 49.1 Å². The first-order valence-electron chi connectivity index (χ1n) is 11.0. The Morgan fingerprint density at radius 3 is 2.97 bits per heavy atom. The highest BCUT2D eigenvalue weighted by Gasteiger charge is 2.22. The molecular formula is C24H26N6O2. The minimum Gasteiger partial charge on any atom is -0.380 e. The van der Waals surface area contributed by atoms with Gasteiger partial charge in [-0.2, -0.15) is 5.10 Å². The topological polar surface area (TPSA) is 84.5 Å². The van der Waals surface area contributed by atoms with Crippen LogP contribution in [0, 0.1) is 0 Å². The molecule has 0 spiro atoms. The van der Waals surface area contributed by atoms with Gasteiger partial charge in [0.2, 0.25) is 5.91 Å². The largest absolute Gasteiger partial charge is 0.380 e. The Kier molecular flexibility index (Phi) is 5.34. The lowest BCUT2D eigenvalue weighted by Crippen LogP contribution is -2.44. The van der Waals surface area contributed by atoms with Gasteiger partial charge in [0, 0.05) is 55.9 Å². The maximum absolute atomic E-state index is 13.3. The number of nitrogens with one attached hydrogen (secondary N) is 1. The Morgan fingerprint density at radius 2 is 2.12 bits per heavy atom. The Labute approximate surface area is 185 Å². The standard InChI is InChI=1S/C24H26N6O2/c1-17(31)28-12-5-7-19(15-28)26-21-8-4-6-18-14-25-30(24(32)23(18)21)13-10-20-16-29-11-3-2-9-22(29)27-20/h2-4,6,8-9,11,14,16,19,26H,5,7,10,12-13,15H2,1H3. The number of aromatic nitrogens is 4. The van der Waals surface area contributed by atoms with E-state index < -0.39 is 0 Å². The summed E-state index contributed by atoms with van der Waals surface area (Å²) in [4.78, 5) is 31.6. The van der Waals surface area contributed by atoms with Crippen LogP contribution in [-0.2, 0) is 17.8 Å². The van der Waals surface area contributed by atoms with E-state index in [1.807, 2.05) is 58.1 Å². The molecule has 1 aliphatic heterocycles. The van der Waals surface area contributed by atoms with Crippen molar-refractivity contribution in [3.63, 3.8) is 0 Å². The van der Waals surface area contributed by atoms with Crippen LogP contribution in [0.4, 0.5) is 5.69 Å². The number of rotatable bonds is 5. The summed E-state index contributed by atoms with van der Waals surface area (Å²) in [6.07, 6.45) is 8.22. The van der Waals surface area contributed by atoms with Gasteiger partial charge in [-0.25, -0.2) is 9.67 Å². The first-order valence-corrected chi connectivity index (χ1v) is 11.0. The molecule has 5 rings (SSSR count). The van der Waals surface area contributed by atoms with Gasteiger partial charge in [0.05, 0.1) is 23.8 Å². The van der Waals surface area contributed by atoms with Crippen molar-refractivity contribution >= 4 is 28.0 Å². The van der Waals surface area contributed by atoms with Crippen molar-refractivity contribution < 1.29 is 4.79 Å². The van der Waals surface area contributed by atoms with Gasteiger partial charge in [0.25, 0.3) is 5.56 Å². The van der Waals surface area contributed by atoms with E-state index in [-0.39, 0.29) is 17.5 Å². The predicted octanol–water partition coefficient (Wildman–Crippen LogP) is 2.71. The second-order valence-corrected chi connectivity index (χ2v) is 8.34. The Morgan fingerprint density at radius 1 is 1.22 bits per heavy atom. The number of carbonyl (C=O) groups is 1. The van der Waals surface area contributed by atoms with E-state index >= 15 is 0 Å². The van der Waals surface area contributed by atoms with Gasteiger partial charge in [0.15, 0.2) is 0 Å². The summed E-state index contributed by atoms with van der Waals surface area (Å²) in [6.45, 7) is 3.50. The zero-order valence-electron chi connectivity index (χ0n) is 18.1. The molecule has 1 amide bonds. The lowest BCUT2D eigenvalue weighted by atomic mass is 10.0. The Bertz CT molecular complexity index is 1310. The van der Waals surface area contributed by atoms with Crippen LogP contribution in [0.5, 0.6) is 0 Å². The average molecular weight is 431 g/mol. The van der Waals surface area contributed by atoms with E-state index in [9.17, 15) is 9.59 Å². The monoisotopic (exact) mass is 430 g/mol. The Hall–Kier alpha value is -3.68. The molecule has 1 N–H and O–H groups in total. The van der Waals surface area contributed by atoms with Crippen LogP contribution >= 0.6 is 0 Å². The van der Waals surface area contributed by atoms with Gasteiger partial charge in [-0.15, -0.1) is 0 Å². The van der Waals surface area contributed by atoms with E-state index in [4.69, 9.17) is 0 Å². The molecule has 3 aromatic heterocycles. The summed E-state index contributed by atoms with van der Waals surface area (Å²) in [5.74, 6) is 0.0907. The molecule has 4 aromatic rings. The average Bonchev–Trinajstić information content (AvgIpc) is 3.22. The molecule has 4 heterocycles. The number of carbonyl (C=O) groups excluding carboxylic acids is 1. The minimum atomic E-state index is -0.117. The number of aryl methyl sites for hydroxylation is 2. The number of hydrogen-bond acceptors (Lipinski definition) is 5. The fourth-order valence-electron chi connectivity index (χ4n) is 4.44. The maximum Gasteiger partial charge on any atom is 0.276 e. The molecule has 0 saturated carbocycles. The van der Waals surface area contributed by atoms with Crippen molar-refractivity contribution in [3.8, 4) is 0 Å². The number of piperidine rings is 1. The molecule has 1 unspecified atom stereocenters. The van der Waals surface area contributed by atoms with Gasteiger partial charge >= 0.3 is 0 Å². The van der Waals surface area contributed by atoms with Crippen LogP contribution < -0.4 is 10.9 Å². The molecule has 1 atom stereocenters. The number of fused-ring (bicyclic) bond motifs is 2. The molecular weight excluding hydrogens is 404 g/mol. The van der Waals surface area contributed by atoms with E-state index in [2.05, 4.69) is 15.4 Å². The van der Waals surface area contributed by atoms with Gasteiger partial charge in [-0.3, -0.25) is 9.59 Å². The van der Waals surface area contributed by atoms with Crippen molar-refractivity contribution in [2.24, 2.45) is 0 Å². The molecule has 1 aliphatic rings. The summed E-state index contributed by atoms with van der Waals surface area (Å²) in [7, 11) is 0. The molecule has 164 valence electrons. The summed E-state index contributed by atoms with van der Waals surface area (Å²) < 4.78 is 3.49. The SMILES string of the molecule is CC(=O)N1CCCC(Nc2cccc3cnn(CCc4cn5ccccc5n4)c(=O)c23)C1. The zero-order valence-corrected chi connectivity index (χ0v) is 18.1. The van der Waals surface area contributed by atoms with Gasteiger partial charge in [-0.1, -0.05) is 18.2 Å². The lowest BCUT2D eigenvalue weighted by Gasteiger charge is -2.33. The number of anilines is 1. The Balaban J connectivity index is 1.40. The minimum absolute atomic E-state index is 0.0907. The summed E-state index contributed by atoms with van der Waals surface area (Å²) >= 11 is 0. The van der Waals surface area contributed by atoms with E-state index in [0.29, 0.717) is 24.9 Å². The molecule has 1 aromatic carbocycles. The fourth-order valence-corrected chi connectivity index (χ4v) is 4.44. The number of nitrogens with zero attached hydrogens (tertiary/aromatic N) is 5. The quantitative estimate of drug-likeness (QED) is 0.526. The summed E-state index contributed by atoms with van der Waals surface area (Å²) in [5.41, 5.74) is 2.49. The van der Waals surface area contributed by atoms with Crippen LogP contribution in [0.25, 0.3) is 16.4 Å². The molecule has 1 saturated heterocycles. The number of likely N-dealkylation sites (tertiary alicyclic amines) is 1. The number of pyridine rings is 1. The van der Waals surface area contributed by atoms with Crippen molar-refractivity contribution in [3.05, 3.63) is 71.0 Å². The second-order valence-electron chi connectivity index (χ2n) is 8.34. The lowest BCUT2D eigenvalue weighted by molar-refractivity contribution is -0.129. The summed E-state index contributed by atoms with van der Waals surface area (Å²) in [5, 5.41) is 9.35. The fraction of sp³-hybridized carbons (Fsp3) is 0.333. The second kappa shape index (κ2) is 8.45. The van der Waals surface area contributed by atoms with E-state index in [1.54, 1.807) is 13.1 Å². The third kappa shape index (κ3) is 3.95. The highest BCUT2D eigenvalue weighted by Crippen LogP contribution is 2.22. The number of benzene rings is 1. The zero-order chi connectivity index (χ0) is 22.1. The molecule has 0 radical (unpaired) electrons. The van der Waals surface area contributed by atoms with E-state index in [1.165, 1.54) is 4.68 Å². The molecule has 0 aliphatic carbocycles. The van der Waals surface area contributed by atoms with Crippen LogP contribution in [0.2, 0.25) is 0 Å². The highest BCUT2D eigenvalue weighted by molar-refractivity contribution is 5.92. The molecule has 0 bridgehead atoms. The van der Waals surface area contributed by atoms with Gasteiger partial charge in [-0.05, 0) is 31.0 Å². The van der Waals surface area contributed by atoms with Crippen molar-refractivity contribution in [1.82, 2.24) is 24.1 Å². The van der Waals surface area contributed by atoms with Crippen molar-refractivity contribution in [2.45, 2.75) is 38.8 Å². The molecule has 32 heavy (non-hydrogen) atoms. The first-order chi connectivity index (χ1) is 15.6. The number of imidazole rings is 1. The normalized spacial score (nSPS) is 16.5. The van der Waals surface area contributed by atoms with E-state index in [0.717, 1.165) is 41.8 Å². The van der Waals surface area contributed by atoms with Gasteiger partial charge in [0.1, 0.15) is 5.65 Å². The third-order valence-corrected chi connectivity index (χ3v) is 6.10. The van der Waals surface area contributed by atoms with Crippen molar-refractivity contribution in [2.75, 3.05) is 18.4 Å². The number of hydrogen-bond donors (Lipinski definition) is 1. The summed E-state index contributed by atoms with van der Waals surface area (Å²) in [6, 6.07) is 11.8. The van der Waals surface area contributed by atoms with Crippen LogP contribution in [0.15, 0.2) is 59.8 Å². The molecule has 8 heteroatoms. The van der Waals surface area contributed by atoms with Crippen LogP contribution in [0.3, 0.4) is 0 Å². The highest BCUT2D eigenvalue weighted by atomic mass is 16.2. The smallest absolute Gasteiger partial charge is 0.276 e. The number of amides is 1. The first kappa shape index (κ1) is 20.2. The maximum atomic E-state index is 13.3. The van der Waals surface area contributed by atoms with Crippen molar-refractivity contribution in [1.29, 1.82) is 0 Å². The molecule has 8 nitrogen and oxygen atoms in total.